The molecule has 5 nitrogen and oxygen atoms in total. The maximum absolute atomic E-state index is 13.5. The third kappa shape index (κ3) is 2.46. The fraction of sp³-hybridized carbons (Fsp3) is 0.391. The first kappa shape index (κ1) is 17.6. The SMILES string of the molecule is CCc1ccc(N2C(=O)[C@@H]3[C@@H](C2=O)N2CCCN2[C@H]3c2ccc(C)cc2)cc1. The minimum absolute atomic E-state index is 0.0653. The summed E-state index contributed by atoms with van der Waals surface area (Å²) in [5.41, 5.74) is 4.21. The Morgan fingerprint density at radius 2 is 1.50 bits per heavy atom. The Morgan fingerprint density at radius 3 is 2.14 bits per heavy atom. The van der Waals surface area contributed by atoms with Crippen LogP contribution in [0, 0.1) is 12.8 Å². The molecule has 2 aromatic rings. The molecule has 5 heteroatoms. The second kappa shape index (κ2) is 6.54. The molecule has 3 aliphatic heterocycles. The molecule has 3 saturated heterocycles. The molecule has 0 saturated carbocycles. The summed E-state index contributed by atoms with van der Waals surface area (Å²) in [7, 11) is 0. The highest BCUT2D eigenvalue weighted by Gasteiger charge is 2.62. The normalized spacial score (nSPS) is 27.5. The highest BCUT2D eigenvalue weighted by Crippen LogP contribution is 2.48. The standard InChI is InChI=1S/C23H25N3O2/c1-3-16-7-11-18(12-8-16)26-22(27)19-20(17-9-5-15(2)6-10-17)24-13-4-14-25(24)21(19)23(26)28/h5-12,19-21H,3-4,13-14H2,1-2H3/t19-,20-,21-/m0/s1. The van der Waals surface area contributed by atoms with Gasteiger partial charge in [0.05, 0.1) is 17.6 Å². The van der Waals surface area contributed by atoms with Crippen molar-refractivity contribution >= 4 is 17.5 Å². The first-order valence-electron chi connectivity index (χ1n) is 10.2. The molecule has 0 N–H and O–H groups in total. The predicted octanol–water partition coefficient (Wildman–Crippen LogP) is 3.09. The maximum atomic E-state index is 13.5. The van der Waals surface area contributed by atoms with E-state index in [4.69, 9.17) is 0 Å². The van der Waals surface area contributed by atoms with Crippen molar-refractivity contribution in [3.63, 3.8) is 0 Å². The van der Waals surface area contributed by atoms with Gasteiger partial charge in [-0.15, -0.1) is 0 Å². The van der Waals surface area contributed by atoms with Gasteiger partial charge in [-0.3, -0.25) is 9.59 Å². The van der Waals surface area contributed by atoms with E-state index in [1.165, 1.54) is 16.0 Å². The predicted molar refractivity (Wildman–Crippen MR) is 108 cm³/mol. The molecule has 2 aromatic carbocycles. The minimum Gasteiger partial charge on any atom is -0.274 e. The molecule has 0 aromatic heterocycles. The highest BCUT2D eigenvalue weighted by atomic mass is 16.2. The number of hydrazine groups is 1. The second-order valence-electron chi connectivity index (χ2n) is 8.04. The van der Waals surface area contributed by atoms with E-state index in [1.807, 2.05) is 24.3 Å². The van der Waals surface area contributed by atoms with Crippen molar-refractivity contribution in [1.82, 2.24) is 10.0 Å². The van der Waals surface area contributed by atoms with Crippen molar-refractivity contribution in [3.05, 3.63) is 65.2 Å². The molecular formula is C23H25N3O2. The van der Waals surface area contributed by atoms with Gasteiger partial charge in [-0.1, -0.05) is 48.9 Å². The summed E-state index contributed by atoms with van der Waals surface area (Å²) in [6.07, 6.45) is 1.96. The fourth-order valence-corrected chi connectivity index (χ4v) is 5.01. The number of hydrogen-bond donors (Lipinski definition) is 0. The molecule has 0 radical (unpaired) electrons. The van der Waals surface area contributed by atoms with Crippen LogP contribution >= 0.6 is 0 Å². The molecule has 3 atom stereocenters. The van der Waals surface area contributed by atoms with Crippen molar-refractivity contribution in [2.24, 2.45) is 5.92 Å². The zero-order chi connectivity index (χ0) is 19.4. The van der Waals surface area contributed by atoms with Crippen LogP contribution in [-0.4, -0.2) is 41.0 Å². The van der Waals surface area contributed by atoms with E-state index in [2.05, 4.69) is 48.1 Å². The van der Waals surface area contributed by atoms with Crippen LogP contribution in [0.1, 0.15) is 36.1 Å². The van der Waals surface area contributed by atoms with Crippen molar-refractivity contribution in [1.29, 1.82) is 0 Å². The number of carbonyl (C=O) groups is 2. The first-order valence-corrected chi connectivity index (χ1v) is 10.2. The maximum Gasteiger partial charge on any atom is 0.253 e. The van der Waals surface area contributed by atoms with Crippen LogP contribution in [-0.2, 0) is 16.0 Å². The lowest BCUT2D eigenvalue weighted by Crippen LogP contribution is -2.44. The van der Waals surface area contributed by atoms with Gasteiger partial charge in [0.1, 0.15) is 6.04 Å². The van der Waals surface area contributed by atoms with Crippen LogP contribution < -0.4 is 4.90 Å². The highest BCUT2D eigenvalue weighted by molar-refractivity contribution is 6.24. The molecule has 2 amide bonds. The number of aryl methyl sites for hydroxylation is 2. The summed E-state index contributed by atoms with van der Waals surface area (Å²) in [5, 5.41) is 4.41. The van der Waals surface area contributed by atoms with Crippen LogP contribution in [0.3, 0.4) is 0 Å². The lowest BCUT2D eigenvalue weighted by molar-refractivity contribution is -0.126. The summed E-state index contributed by atoms with van der Waals surface area (Å²) < 4.78 is 0. The van der Waals surface area contributed by atoms with E-state index in [1.54, 1.807) is 0 Å². The van der Waals surface area contributed by atoms with Gasteiger partial charge in [-0.2, -0.15) is 0 Å². The average Bonchev–Trinajstić information content (AvgIpc) is 3.35. The number of fused-ring (bicyclic) bond motifs is 3. The molecule has 3 heterocycles. The number of nitrogens with zero attached hydrogens (tertiary/aromatic N) is 3. The summed E-state index contributed by atoms with van der Waals surface area (Å²) in [6.45, 7) is 5.90. The quantitative estimate of drug-likeness (QED) is 0.774. The Hall–Kier alpha value is -2.50. The van der Waals surface area contributed by atoms with Gasteiger partial charge < -0.3 is 0 Å². The molecule has 0 aliphatic carbocycles. The van der Waals surface area contributed by atoms with E-state index >= 15 is 0 Å². The largest absolute Gasteiger partial charge is 0.274 e. The van der Waals surface area contributed by atoms with Crippen molar-refractivity contribution in [2.45, 2.75) is 38.8 Å². The van der Waals surface area contributed by atoms with Gasteiger partial charge in [0, 0.05) is 13.1 Å². The average molecular weight is 375 g/mol. The lowest BCUT2D eigenvalue weighted by Gasteiger charge is -2.29. The van der Waals surface area contributed by atoms with Gasteiger partial charge in [-0.25, -0.2) is 14.9 Å². The van der Waals surface area contributed by atoms with E-state index in [0.717, 1.165) is 31.5 Å². The zero-order valence-electron chi connectivity index (χ0n) is 16.3. The number of anilines is 1. The van der Waals surface area contributed by atoms with Crippen LogP contribution in [0.5, 0.6) is 0 Å². The monoisotopic (exact) mass is 375 g/mol. The Morgan fingerprint density at radius 1 is 0.857 bits per heavy atom. The molecule has 144 valence electrons. The number of benzene rings is 2. The van der Waals surface area contributed by atoms with Gasteiger partial charge in [-0.05, 0) is 43.0 Å². The number of hydrogen-bond acceptors (Lipinski definition) is 4. The number of imide groups is 1. The van der Waals surface area contributed by atoms with Gasteiger partial charge >= 0.3 is 0 Å². The van der Waals surface area contributed by atoms with Crippen molar-refractivity contribution in [3.8, 4) is 0 Å². The van der Waals surface area contributed by atoms with Crippen molar-refractivity contribution < 1.29 is 9.59 Å². The fourth-order valence-electron chi connectivity index (χ4n) is 5.01. The molecule has 0 bridgehead atoms. The van der Waals surface area contributed by atoms with Crippen LogP contribution in [0.2, 0.25) is 0 Å². The first-order chi connectivity index (χ1) is 13.6. The molecule has 5 rings (SSSR count). The summed E-state index contributed by atoms with van der Waals surface area (Å²) >= 11 is 0. The van der Waals surface area contributed by atoms with Crippen molar-refractivity contribution in [2.75, 3.05) is 18.0 Å². The summed E-state index contributed by atoms with van der Waals surface area (Å²) in [5.74, 6) is -0.499. The summed E-state index contributed by atoms with van der Waals surface area (Å²) in [4.78, 5) is 28.3. The molecule has 3 aliphatic rings. The lowest BCUT2D eigenvalue weighted by atomic mass is 9.89. The van der Waals surface area contributed by atoms with Crippen LogP contribution in [0.15, 0.2) is 48.5 Å². The Kier molecular flexibility index (Phi) is 4.11. The minimum atomic E-state index is -0.382. The van der Waals surface area contributed by atoms with Crippen LogP contribution in [0.25, 0.3) is 0 Å². The van der Waals surface area contributed by atoms with Gasteiger partial charge in [0.15, 0.2) is 0 Å². The number of amides is 2. The third-order valence-electron chi connectivity index (χ3n) is 6.43. The topological polar surface area (TPSA) is 43.9 Å². The van der Waals surface area contributed by atoms with E-state index < -0.39 is 0 Å². The smallest absolute Gasteiger partial charge is 0.253 e. The van der Waals surface area contributed by atoms with Gasteiger partial charge in [0.25, 0.3) is 5.91 Å². The molecular weight excluding hydrogens is 350 g/mol. The molecule has 3 fully saturated rings. The van der Waals surface area contributed by atoms with E-state index in [0.29, 0.717) is 5.69 Å². The van der Waals surface area contributed by atoms with Gasteiger partial charge in [0.2, 0.25) is 5.91 Å². The molecule has 0 unspecified atom stereocenters. The molecule has 0 spiro atoms. The molecule has 28 heavy (non-hydrogen) atoms. The Balaban J connectivity index is 1.55. The zero-order valence-corrected chi connectivity index (χ0v) is 16.3. The Bertz CT molecular complexity index is 922. The van der Waals surface area contributed by atoms with E-state index in [9.17, 15) is 9.59 Å². The number of rotatable bonds is 3. The third-order valence-corrected chi connectivity index (χ3v) is 6.43. The Labute approximate surface area is 165 Å². The summed E-state index contributed by atoms with van der Waals surface area (Å²) in [6, 6.07) is 15.8. The van der Waals surface area contributed by atoms with Crippen LogP contribution in [0.4, 0.5) is 5.69 Å². The second-order valence-corrected chi connectivity index (χ2v) is 8.04. The number of carbonyl (C=O) groups excluding carboxylic acids is 2. The van der Waals surface area contributed by atoms with E-state index in [-0.39, 0.29) is 29.8 Å².